The second-order valence-electron chi connectivity index (χ2n) is 6.58. The van der Waals surface area contributed by atoms with Gasteiger partial charge in [0.1, 0.15) is 30.5 Å². The van der Waals surface area contributed by atoms with E-state index in [0.29, 0.717) is 19.0 Å². The molecule has 0 saturated carbocycles. The highest BCUT2D eigenvalue weighted by molar-refractivity contribution is 7.80. The minimum Gasteiger partial charge on any atom is -0.497 e. The van der Waals surface area contributed by atoms with E-state index in [-0.39, 0.29) is 11.0 Å². The van der Waals surface area contributed by atoms with Crippen molar-refractivity contribution in [2.45, 2.75) is 0 Å². The van der Waals surface area contributed by atoms with Crippen LogP contribution in [-0.4, -0.2) is 31.3 Å². The first-order chi connectivity index (χ1) is 15.6. The Labute approximate surface area is 192 Å². The summed E-state index contributed by atoms with van der Waals surface area (Å²) in [6.07, 6.45) is 3.12. The summed E-state index contributed by atoms with van der Waals surface area (Å²) in [7, 11) is 1.61. The molecular weight excluding hydrogens is 424 g/mol. The molecule has 3 aromatic carbocycles. The molecular formula is C25H24N2O4S. The van der Waals surface area contributed by atoms with Crippen LogP contribution < -0.4 is 24.8 Å². The number of ether oxygens (including phenoxy) is 3. The summed E-state index contributed by atoms with van der Waals surface area (Å²) in [6, 6.07) is 24.2. The Hall–Kier alpha value is -3.84. The normalized spacial score (nSPS) is 10.4. The highest BCUT2D eigenvalue weighted by atomic mass is 32.1. The summed E-state index contributed by atoms with van der Waals surface area (Å²) in [5, 5.41) is 5.79. The van der Waals surface area contributed by atoms with E-state index in [1.807, 2.05) is 78.9 Å². The number of nitrogens with one attached hydrogen (secondary N) is 2. The lowest BCUT2D eigenvalue weighted by molar-refractivity contribution is -0.115. The zero-order valence-corrected chi connectivity index (χ0v) is 18.4. The number of anilines is 1. The van der Waals surface area contributed by atoms with Crippen molar-refractivity contribution in [1.82, 2.24) is 5.32 Å². The zero-order chi connectivity index (χ0) is 22.6. The van der Waals surface area contributed by atoms with Crippen molar-refractivity contribution in [1.29, 1.82) is 0 Å². The Morgan fingerprint density at radius 2 is 1.44 bits per heavy atom. The van der Waals surface area contributed by atoms with Crippen molar-refractivity contribution in [2.24, 2.45) is 0 Å². The molecule has 0 heterocycles. The van der Waals surface area contributed by atoms with E-state index in [2.05, 4.69) is 10.6 Å². The molecule has 164 valence electrons. The number of amides is 1. The summed E-state index contributed by atoms with van der Waals surface area (Å²) >= 11 is 5.20. The molecule has 0 aliphatic rings. The smallest absolute Gasteiger partial charge is 0.250 e. The van der Waals surface area contributed by atoms with Crippen molar-refractivity contribution < 1.29 is 19.0 Å². The number of thiocarbonyl (C=S) groups is 1. The van der Waals surface area contributed by atoms with Gasteiger partial charge in [-0.3, -0.25) is 10.1 Å². The maximum Gasteiger partial charge on any atom is 0.250 e. The predicted octanol–water partition coefficient (Wildman–Crippen LogP) is 4.68. The molecule has 0 aliphatic heterocycles. The molecule has 0 spiro atoms. The van der Waals surface area contributed by atoms with E-state index in [0.717, 1.165) is 22.7 Å². The second kappa shape index (κ2) is 12.1. The number of hydrogen-bond acceptors (Lipinski definition) is 5. The first-order valence-corrected chi connectivity index (χ1v) is 10.4. The van der Waals surface area contributed by atoms with E-state index in [9.17, 15) is 4.79 Å². The van der Waals surface area contributed by atoms with Gasteiger partial charge in [-0.05, 0) is 72.4 Å². The third kappa shape index (κ3) is 7.77. The largest absolute Gasteiger partial charge is 0.497 e. The molecule has 0 radical (unpaired) electrons. The molecule has 6 nitrogen and oxygen atoms in total. The number of benzene rings is 3. The molecule has 32 heavy (non-hydrogen) atoms. The van der Waals surface area contributed by atoms with Crippen molar-refractivity contribution in [3.8, 4) is 17.2 Å². The maximum atomic E-state index is 12.1. The standard InChI is InChI=1S/C25H24N2O4S/c1-29-21-12-7-19(8-13-21)9-16-24(28)27-25(32)26-20-10-14-23(15-11-20)31-18-17-30-22-5-3-2-4-6-22/h2-16H,17-18H2,1H3,(H2,26,27,28,32). The van der Waals surface area contributed by atoms with Gasteiger partial charge in [-0.2, -0.15) is 0 Å². The van der Waals surface area contributed by atoms with Gasteiger partial charge in [0.2, 0.25) is 5.91 Å². The Bertz CT molecular complexity index is 1040. The molecule has 0 aromatic heterocycles. The third-order valence-electron chi connectivity index (χ3n) is 4.26. The van der Waals surface area contributed by atoms with Crippen LogP contribution in [0.2, 0.25) is 0 Å². The van der Waals surface area contributed by atoms with E-state index in [1.165, 1.54) is 6.08 Å². The first-order valence-electron chi connectivity index (χ1n) is 9.97. The van der Waals surface area contributed by atoms with Gasteiger partial charge in [0.15, 0.2) is 5.11 Å². The molecule has 1 amide bonds. The van der Waals surface area contributed by atoms with Gasteiger partial charge in [0.05, 0.1) is 7.11 Å². The molecule has 3 aromatic rings. The lowest BCUT2D eigenvalue weighted by Crippen LogP contribution is -2.32. The van der Waals surface area contributed by atoms with Crippen LogP contribution in [0.25, 0.3) is 6.08 Å². The number of rotatable bonds is 9. The van der Waals surface area contributed by atoms with Gasteiger partial charge < -0.3 is 19.5 Å². The van der Waals surface area contributed by atoms with Crippen LogP contribution in [0.3, 0.4) is 0 Å². The summed E-state index contributed by atoms with van der Waals surface area (Å²) < 4.78 is 16.4. The second-order valence-corrected chi connectivity index (χ2v) is 6.99. The summed E-state index contributed by atoms with van der Waals surface area (Å²) in [5.41, 5.74) is 1.62. The summed E-state index contributed by atoms with van der Waals surface area (Å²) in [4.78, 5) is 12.1. The number of carbonyl (C=O) groups is 1. The topological polar surface area (TPSA) is 68.8 Å². The predicted molar refractivity (Wildman–Crippen MR) is 130 cm³/mol. The fourth-order valence-electron chi connectivity index (χ4n) is 2.67. The number of methoxy groups -OCH3 is 1. The first kappa shape index (κ1) is 22.8. The van der Waals surface area contributed by atoms with Crippen molar-refractivity contribution in [2.75, 3.05) is 25.6 Å². The van der Waals surface area contributed by atoms with Gasteiger partial charge >= 0.3 is 0 Å². The van der Waals surface area contributed by atoms with Crippen LogP contribution in [0.5, 0.6) is 17.2 Å². The van der Waals surface area contributed by atoms with E-state index in [1.54, 1.807) is 13.2 Å². The van der Waals surface area contributed by atoms with Crippen LogP contribution >= 0.6 is 12.2 Å². The average molecular weight is 449 g/mol. The van der Waals surface area contributed by atoms with E-state index >= 15 is 0 Å². The van der Waals surface area contributed by atoms with Crippen LogP contribution in [0.4, 0.5) is 5.69 Å². The molecule has 0 aliphatic carbocycles. The lowest BCUT2D eigenvalue weighted by Gasteiger charge is -2.10. The summed E-state index contributed by atoms with van der Waals surface area (Å²) in [5.74, 6) is 1.96. The van der Waals surface area contributed by atoms with Gasteiger partial charge in [-0.25, -0.2) is 0 Å². The molecule has 0 atom stereocenters. The molecule has 7 heteroatoms. The van der Waals surface area contributed by atoms with E-state index < -0.39 is 0 Å². The summed E-state index contributed by atoms with van der Waals surface area (Å²) in [6.45, 7) is 0.876. The van der Waals surface area contributed by atoms with Gasteiger partial charge in [-0.1, -0.05) is 30.3 Å². The molecule has 0 saturated heterocycles. The van der Waals surface area contributed by atoms with Gasteiger partial charge in [-0.15, -0.1) is 0 Å². The van der Waals surface area contributed by atoms with Crippen molar-refractivity contribution in [3.63, 3.8) is 0 Å². The Morgan fingerprint density at radius 3 is 2.06 bits per heavy atom. The average Bonchev–Trinajstić information content (AvgIpc) is 2.82. The quantitative estimate of drug-likeness (QED) is 0.281. The highest BCUT2D eigenvalue weighted by Crippen LogP contribution is 2.16. The Kier molecular flexibility index (Phi) is 8.65. The van der Waals surface area contributed by atoms with Gasteiger partial charge in [0.25, 0.3) is 0 Å². The van der Waals surface area contributed by atoms with Crippen LogP contribution in [-0.2, 0) is 4.79 Å². The SMILES string of the molecule is COc1ccc(C=CC(=O)NC(=S)Nc2ccc(OCCOc3ccccc3)cc2)cc1. The Balaban J connectivity index is 1.38. The number of para-hydroxylation sites is 1. The maximum absolute atomic E-state index is 12.1. The lowest BCUT2D eigenvalue weighted by atomic mass is 10.2. The fraction of sp³-hybridized carbons (Fsp3) is 0.120. The van der Waals surface area contributed by atoms with Crippen LogP contribution in [0, 0.1) is 0 Å². The van der Waals surface area contributed by atoms with Gasteiger partial charge in [0, 0.05) is 11.8 Å². The Morgan fingerprint density at radius 1 is 0.844 bits per heavy atom. The van der Waals surface area contributed by atoms with Crippen molar-refractivity contribution in [3.05, 3.63) is 90.5 Å². The van der Waals surface area contributed by atoms with Crippen LogP contribution in [0.1, 0.15) is 5.56 Å². The molecule has 3 rings (SSSR count). The minimum absolute atomic E-state index is 0.208. The monoisotopic (exact) mass is 448 g/mol. The molecule has 2 N–H and O–H groups in total. The molecule has 0 fully saturated rings. The molecule has 0 bridgehead atoms. The van der Waals surface area contributed by atoms with E-state index in [4.69, 9.17) is 26.4 Å². The minimum atomic E-state index is -0.323. The van der Waals surface area contributed by atoms with Crippen molar-refractivity contribution >= 4 is 35.0 Å². The third-order valence-corrected chi connectivity index (χ3v) is 4.46. The zero-order valence-electron chi connectivity index (χ0n) is 17.6. The van der Waals surface area contributed by atoms with Crippen LogP contribution in [0.15, 0.2) is 84.9 Å². The number of hydrogen-bond donors (Lipinski definition) is 2. The molecule has 0 unspecified atom stereocenters. The highest BCUT2D eigenvalue weighted by Gasteiger charge is 2.03. The number of carbonyl (C=O) groups excluding carboxylic acids is 1. The fourth-order valence-corrected chi connectivity index (χ4v) is 2.89.